The van der Waals surface area contributed by atoms with E-state index in [1.807, 2.05) is 6.92 Å². The molecule has 2 bridgehead atoms. The minimum atomic E-state index is -3.07. The van der Waals surface area contributed by atoms with E-state index < -0.39 is 10.0 Å². The van der Waals surface area contributed by atoms with Crippen LogP contribution < -0.4 is 5.32 Å². The third-order valence-corrected chi connectivity index (χ3v) is 6.43. The van der Waals surface area contributed by atoms with Gasteiger partial charge in [-0.1, -0.05) is 6.92 Å². The van der Waals surface area contributed by atoms with E-state index in [0.29, 0.717) is 31.6 Å². The molecule has 2 heterocycles. The highest BCUT2D eigenvalue weighted by Crippen LogP contribution is 2.29. The van der Waals surface area contributed by atoms with Crippen LogP contribution in [0.25, 0.3) is 0 Å². The van der Waals surface area contributed by atoms with E-state index in [2.05, 4.69) is 17.3 Å². The Morgan fingerprint density at radius 3 is 2.68 bits per heavy atom. The molecule has 19 heavy (non-hydrogen) atoms. The number of fused-ring (bicyclic) bond motifs is 2. The zero-order chi connectivity index (χ0) is 13.9. The van der Waals surface area contributed by atoms with Crippen molar-refractivity contribution in [3.8, 4) is 0 Å². The van der Waals surface area contributed by atoms with Crippen LogP contribution in [0.2, 0.25) is 0 Å². The topological polar surface area (TPSA) is 52.7 Å². The van der Waals surface area contributed by atoms with Crippen molar-refractivity contribution in [2.24, 2.45) is 0 Å². The van der Waals surface area contributed by atoms with E-state index in [4.69, 9.17) is 0 Å². The van der Waals surface area contributed by atoms with Crippen molar-refractivity contribution in [1.82, 2.24) is 14.5 Å². The molecule has 0 aromatic rings. The number of nitrogens with zero attached hydrogens (tertiary/aromatic N) is 2. The maximum atomic E-state index is 12.4. The van der Waals surface area contributed by atoms with Gasteiger partial charge in [-0.3, -0.25) is 4.90 Å². The first-order valence-corrected chi connectivity index (χ1v) is 9.06. The lowest BCUT2D eigenvalue weighted by Crippen LogP contribution is -2.41. The van der Waals surface area contributed by atoms with Gasteiger partial charge < -0.3 is 5.32 Å². The molecule has 0 aromatic heterocycles. The van der Waals surface area contributed by atoms with Crippen molar-refractivity contribution in [2.75, 3.05) is 39.0 Å². The summed E-state index contributed by atoms with van der Waals surface area (Å²) in [6, 6.07) is 1.02. The molecule has 6 heteroatoms. The van der Waals surface area contributed by atoms with Crippen LogP contribution in [0.5, 0.6) is 0 Å². The minimum Gasteiger partial charge on any atom is -0.317 e. The van der Waals surface area contributed by atoms with Gasteiger partial charge in [0, 0.05) is 25.2 Å². The zero-order valence-electron chi connectivity index (χ0n) is 12.1. The second-order valence-corrected chi connectivity index (χ2v) is 7.81. The maximum Gasteiger partial charge on any atom is 0.214 e. The van der Waals surface area contributed by atoms with E-state index in [1.54, 1.807) is 4.31 Å². The van der Waals surface area contributed by atoms with Crippen LogP contribution in [0.4, 0.5) is 0 Å². The molecule has 0 saturated carbocycles. The molecule has 1 N–H and O–H groups in total. The van der Waals surface area contributed by atoms with Crippen LogP contribution in [0.1, 0.15) is 32.6 Å². The van der Waals surface area contributed by atoms with Gasteiger partial charge in [0.25, 0.3) is 0 Å². The summed E-state index contributed by atoms with van der Waals surface area (Å²) >= 11 is 0. The summed E-state index contributed by atoms with van der Waals surface area (Å²) in [5.41, 5.74) is 0. The maximum absolute atomic E-state index is 12.4. The van der Waals surface area contributed by atoms with Crippen molar-refractivity contribution in [3.05, 3.63) is 0 Å². The van der Waals surface area contributed by atoms with Crippen LogP contribution in [-0.4, -0.2) is 68.7 Å². The second-order valence-electron chi connectivity index (χ2n) is 5.72. The molecule has 2 rings (SSSR count). The predicted octanol–water partition coefficient (Wildman–Crippen LogP) is 0.484. The molecule has 112 valence electrons. The molecule has 0 radical (unpaired) electrons. The highest BCUT2D eigenvalue weighted by Gasteiger charge is 2.37. The van der Waals surface area contributed by atoms with Crippen LogP contribution in [0.15, 0.2) is 0 Å². The molecule has 2 unspecified atom stereocenters. The summed E-state index contributed by atoms with van der Waals surface area (Å²) in [7, 11) is -0.924. The van der Waals surface area contributed by atoms with Crippen molar-refractivity contribution >= 4 is 10.0 Å². The molecule has 0 amide bonds. The summed E-state index contributed by atoms with van der Waals surface area (Å²) in [5.74, 6) is 0.279. The van der Waals surface area contributed by atoms with Gasteiger partial charge in [-0.15, -0.1) is 0 Å². The Hall–Kier alpha value is -0.170. The fraction of sp³-hybridized carbons (Fsp3) is 1.00. The van der Waals surface area contributed by atoms with E-state index in [1.165, 1.54) is 6.42 Å². The Labute approximate surface area is 117 Å². The summed E-state index contributed by atoms with van der Waals surface area (Å²) in [5, 5.41) is 3.18. The Bertz CT molecular complexity index is 385. The number of sulfonamides is 1. The summed E-state index contributed by atoms with van der Waals surface area (Å²) in [6.07, 6.45) is 4.07. The quantitative estimate of drug-likeness (QED) is 0.723. The summed E-state index contributed by atoms with van der Waals surface area (Å²) in [4.78, 5) is 2.38. The van der Waals surface area contributed by atoms with Crippen molar-refractivity contribution in [2.45, 2.75) is 44.7 Å². The van der Waals surface area contributed by atoms with Gasteiger partial charge >= 0.3 is 0 Å². The number of nitrogens with one attached hydrogen (secondary N) is 1. The van der Waals surface area contributed by atoms with Gasteiger partial charge in [0.05, 0.1) is 5.75 Å². The first kappa shape index (κ1) is 15.2. The first-order valence-electron chi connectivity index (χ1n) is 7.45. The average molecular weight is 289 g/mol. The third kappa shape index (κ3) is 3.68. The summed E-state index contributed by atoms with van der Waals surface area (Å²) < 4.78 is 26.5. The Kier molecular flexibility index (Phi) is 5.22. The van der Waals surface area contributed by atoms with Crippen LogP contribution in [-0.2, 0) is 10.0 Å². The van der Waals surface area contributed by atoms with E-state index in [9.17, 15) is 8.42 Å². The molecular formula is C13H27N3O2S. The Morgan fingerprint density at radius 2 is 1.95 bits per heavy atom. The molecule has 5 nitrogen and oxygen atoms in total. The van der Waals surface area contributed by atoms with Gasteiger partial charge in [0.1, 0.15) is 0 Å². The molecule has 2 aliphatic heterocycles. The molecule has 0 spiro atoms. The van der Waals surface area contributed by atoms with Crippen molar-refractivity contribution in [1.29, 1.82) is 0 Å². The van der Waals surface area contributed by atoms with E-state index in [-0.39, 0.29) is 5.75 Å². The normalized spacial score (nSPS) is 29.6. The lowest BCUT2D eigenvalue weighted by molar-refractivity contribution is 0.246. The second kappa shape index (κ2) is 6.52. The molecule has 0 aliphatic carbocycles. The number of likely N-dealkylation sites (N-methyl/N-ethyl adjacent to an activating group) is 1. The lowest BCUT2D eigenvalue weighted by Gasteiger charge is -2.25. The fourth-order valence-corrected chi connectivity index (χ4v) is 4.77. The van der Waals surface area contributed by atoms with Gasteiger partial charge in [0.15, 0.2) is 0 Å². The number of rotatable bonds is 6. The zero-order valence-corrected chi connectivity index (χ0v) is 13.0. The molecule has 2 fully saturated rings. The summed E-state index contributed by atoms with van der Waals surface area (Å²) in [6.45, 7) is 5.12. The van der Waals surface area contributed by atoms with Gasteiger partial charge in [-0.05, 0) is 45.8 Å². The number of hydrogen-bond donors (Lipinski definition) is 1. The average Bonchev–Trinajstić information content (AvgIpc) is 2.58. The molecule has 2 aliphatic rings. The SMILES string of the molecule is CCNCCCS(=O)(=O)N1CCC2CCC(C1)N2C. The van der Waals surface area contributed by atoms with Crippen molar-refractivity contribution in [3.63, 3.8) is 0 Å². The highest BCUT2D eigenvalue weighted by molar-refractivity contribution is 7.89. The lowest BCUT2D eigenvalue weighted by atomic mass is 10.1. The van der Waals surface area contributed by atoms with Crippen LogP contribution in [0.3, 0.4) is 0 Å². The molecule has 2 atom stereocenters. The van der Waals surface area contributed by atoms with Crippen LogP contribution in [0, 0.1) is 0 Å². The third-order valence-electron chi connectivity index (χ3n) is 4.51. The molecule has 2 saturated heterocycles. The van der Waals surface area contributed by atoms with Gasteiger partial charge in [0.2, 0.25) is 10.0 Å². The molecule has 0 aromatic carbocycles. The Morgan fingerprint density at radius 1 is 1.21 bits per heavy atom. The number of hydrogen-bond acceptors (Lipinski definition) is 4. The smallest absolute Gasteiger partial charge is 0.214 e. The largest absolute Gasteiger partial charge is 0.317 e. The van der Waals surface area contributed by atoms with Gasteiger partial charge in [-0.2, -0.15) is 0 Å². The highest BCUT2D eigenvalue weighted by atomic mass is 32.2. The van der Waals surface area contributed by atoms with E-state index >= 15 is 0 Å². The standard InChI is InChI=1S/C13H27N3O2S/c1-3-14-8-4-10-19(17,18)16-9-7-12-5-6-13(11-16)15(12)2/h12-14H,3-11H2,1-2H3. The van der Waals surface area contributed by atoms with E-state index in [0.717, 1.165) is 25.9 Å². The van der Waals surface area contributed by atoms with Gasteiger partial charge in [-0.25, -0.2) is 12.7 Å². The predicted molar refractivity (Wildman–Crippen MR) is 77.7 cm³/mol. The van der Waals surface area contributed by atoms with Crippen LogP contribution >= 0.6 is 0 Å². The van der Waals surface area contributed by atoms with Crippen molar-refractivity contribution < 1.29 is 8.42 Å². The first-order chi connectivity index (χ1) is 9.04. The monoisotopic (exact) mass is 289 g/mol. The molecular weight excluding hydrogens is 262 g/mol. The minimum absolute atomic E-state index is 0.279. The Balaban J connectivity index is 1.90. The fourth-order valence-electron chi connectivity index (χ4n) is 3.22.